The number of fused-ring (bicyclic) bond motifs is 1. The van der Waals surface area contributed by atoms with Gasteiger partial charge in [0.2, 0.25) is 0 Å². The van der Waals surface area contributed by atoms with Crippen LogP contribution in [0.2, 0.25) is 0 Å². The quantitative estimate of drug-likeness (QED) is 0.734. The minimum Gasteiger partial charge on any atom is -0.487 e. The molecule has 1 N–H and O–H groups in total. The summed E-state index contributed by atoms with van der Waals surface area (Å²) in [6.07, 6.45) is -5.36. The second-order valence-corrected chi connectivity index (χ2v) is 8.12. The van der Waals surface area contributed by atoms with Gasteiger partial charge in [-0.25, -0.2) is 0 Å². The van der Waals surface area contributed by atoms with Crippen molar-refractivity contribution < 1.29 is 27.8 Å². The van der Waals surface area contributed by atoms with E-state index in [0.29, 0.717) is 22.4 Å². The van der Waals surface area contributed by atoms with Gasteiger partial charge in [0, 0.05) is 0 Å². The molecule has 1 heterocycles. The lowest BCUT2D eigenvalue weighted by molar-refractivity contribution is -0.137. The largest absolute Gasteiger partial charge is 0.487 e. The molecule has 0 saturated carbocycles. The fraction of sp³-hybridized carbons (Fsp3) is 0.409. The summed E-state index contributed by atoms with van der Waals surface area (Å²) in [5.74, 6) is 0.420. The maximum atomic E-state index is 12.8. The number of alkyl halides is 3. The van der Waals surface area contributed by atoms with E-state index in [1.807, 2.05) is 27.7 Å². The van der Waals surface area contributed by atoms with Crippen molar-refractivity contribution in [1.29, 1.82) is 0 Å². The number of halogens is 3. The standard InChI is InChI=1S/C22H23F3O3/c1-12(2)15-10-19-17(18(26)11-21(3,4)28-19)9-16(15)20(27)13-5-7-14(8-6-13)22(23,24)25/h5-10,12,20,27H,11H2,1-4H3. The first-order valence-electron chi connectivity index (χ1n) is 9.14. The first kappa shape index (κ1) is 20.4. The Morgan fingerprint density at radius 3 is 2.21 bits per heavy atom. The molecule has 150 valence electrons. The molecule has 2 aromatic carbocycles. The van der Waals surface area contributed by atoms with E-state index in [4.69, 9.17) is 4.74 Å². The molecule has 1 aliphatic heterocycles. The van der Waals surface area contributed by atoms with Crippen LogP contribution in [-0.4, -0.2) is 16.5 Å². The molecule has 2 aromatic rings. The van der Waals surface area contributed by atoms with Crippen LogP contribution in [0.1, 0.15) is 78.7 Å². The molecule has 0 bridgehead atoms. The Kier molecular flexibility index (Phi) is 5.04. The molecule has 1 atom stereocenters. The van der Waals surface area contributed by atoms with Crippen LogP contribution in [0.15, 0.2) is 36.4 Å². The molecule has 0 aliphatic carbocycles. The van der Waals surface area contributed by atoms with Gasteiger partial charge in [-0.15, -0.1) is 0 Å². The van der Waals surface area contributed by atoms with Crippen molar-refractivity contribution in [3.63, 3.8) is 0 Å². The molecule has 0 spiro atoms. The molecule has 3 nitrogen and oxygen atoms in total. The number of aliphatic hydroxyl groups excluding tert-OH is 1. The highest BCUT2D eigenvalue weighted by Gasteiger charge is 2.34. The van der Waals surface area contributed by atoms with Gasteiger partial charge >= 0.3 is 6.18 Å². The SMILES string of the molecule is CC(C)c1cc2c(cc1C(O)c1ccc(C(F)(F)F)cc1)C(=O)CC(C)(C)O2. The number of rotatable bonds is 3. The number of ketones is 1. The summed E-state index contributed by atoms with van der Waals surface area (Å²) in [6.45, 7) is 7.57. The van der Waals surface area contributed by atoms with Crippen molar-refractivity contribution in [3.05, 3.63) is 64.2 Å². The zero-order valence-electron chi connectivity index (χ0n) is 16.2. The fourth-order valence-corrected chi connectivity index (χ4v) is 3.50. The highest BCUT2D eigenvalue weighted by molar-refractivity contribution is 6.00. The fourth-order valence-electron chi connectivity index (χ4n) is 3.50. The third kappa shape index (κ3) is 3.92. The van der Waals surface area contributed by atoms with Gasteiger partial charge in [0.25, 0.3) is 0 Å². The molecule has 0 fully saturated rings. The normalized spacial score (nSPS) is 17.2. The molecule has 1 unspecified atom stereocenters. The van der Waals surface area contributed by atoms with Crippen molar-refractivity contribution in [2.24, 2.45) is 0 Å². The summed E-state index contributed by atoms with van der Waals surface area (Å²) in [7, 11) is 0. The van der Waals surface area contributed by atoms with Crippen molar-refractivity contribution in [2.45, 2.75) is 57.9 Å². The van der Waals surface area contributed by atoms with E-state index in [2.05, 4.69) is 0 Å². The molecule has 0 saturated heterocycles. The Bertz CT molecular complexity index is 896. The van der Waals surface area contributed by atoms with Crippen LogP contribution in [0.25, 0.3) is 0 Å². The summed E-state index contributed by atoms with van der Waals surface area (Å²) in [5.41, 5.74) is 0.640. The number of benzene rings is 2. The summed E-state index contributed by atoms with van der Waals surface area (Å²) < 4.78 is 44.3. The van der Waals surface area contributed by atoms with Gasteiger partial charge in [0.1, 0.15) is 17.5 Å². The van der Waals surface area contributed by atoms with E-state index in [0.717, 1.165) is 17.7 Å². The minimum atomic E-state index is -4.44. The van der Waals surface area contributed by atoms with Crippen LogP contribution in [0.5, 0.6) is 5.75 Å². The molecular weight excluding hydrogens is 369 g/mol. The van der Waals surface area contributed by atoms with Crippen molar-refractivity contribution in [3.8, 4) is 5.75 Å². The molecule has 1 aliphatic rings. The number of carbonyl (C=O) groups is 1. The average Bonchev–Trinajstić information content (AvgIpc) is 2.58. The molecule has 0 aromatic heterocycles. The second kappa shape index (κ2) is 6.92. The highest BCUT2D eigenvalue weighted by atomic mass is 19.4. The monoisotopic (exact) mass is 392 g/mol. The van der Waals surface area contributed by atoms with E-state index in [1.165, 1.54) is 12.1 Å². The number of carbonyl (C=O) groups excluding carboxylic acids is 1. The maximum Gasteiger partial charge on any atom is 0.416 e. The smallest absolute Gasteiger partial charge is 0.416 e. The molecule has 28 heavy (non-hydrogen) atoms. The minimum absolute atomic E-state index is 0.0214. The maximum absolute atomic E-state index is 12.8. The Balaban J connectivity index is 2.06. The van der Waals surface area contributed by atoms with E-state index < -0.39 is 23.4 Å². The van der Waals surface area contributed by atoms with Gasteiger partial charge in [-0.05, 0) is 60.7 Å². The van der Waals surface area contributed by atoms with Crippen LogP contribution in [-0.2, 0) is 6.18 Å². The van der Waals surface area contributed by atoms with Crippen LogP contribution in [0.3, 0.4) is 0 Å². The topological polar surface area (TPSA) is 46.5 Å². The third-order valence-electron chi connectivity index (χ3n) is 4.93. The van der Waals surface area contributed by atoms with Crippen molar-refractivity contribution >= 4 is 5.78 Å². The van der Waals surface area contributed by atoms with Gasteiger partial charge in [0.05, 0.1) is 17.5 Å². The van der Waals surface area contributed by atoms with Gasteiger partial charge < -0.3 is 9.84 Å². The van der Waals surface area contributed by atoms with Crippen molar-refractivity contribution in [1.82, 2.24) is 0 Å². The van der Waals surface area contributed by atoms with Crippen LogP contribution >= 0.6 is 0 Å². The van der Waals surface area contributed by atoms with Gasteiger partial charge in [-0.3, -0.25) is 4.79 Å². The van der Waals surface area contributed by atoms with Crippen LogP contribution in [0, 0.1) is 0 Å². The number of Topliss-reactive ketones (excluding diaryl/α,β-unsaturated/α-hetero) is 1. The Morgan fingerprint density at radius 2 is 1.68 bits per heavy atom. The molecule has 0 radical (unpaired) electrons. The lowest BCUT2D eigenvalue weighted by Crippen LogP contribution is -2.36. The van der Waals surface area contributed by atoms with Gasteiger partial charge in [0.15, 0.2) is 5.78 Å². The molecule has 3 rings (SSSR count). The predicted octanol–water partition coefficient (Wildman–Crippen LogP) is 5.65. The van der Waals surface area contributed by atoms with E-state index in [1.54, 1.807) is 12.1 Å². The first-order valence-corrected chi connectivity index (χ1v) is 9.14. The number of ether oxygens (including phenoxy) is 1. The Morgan fingerprint density at radius 1 is 1.07 bits per heavy atom. The van der Waals surface area contributed by atoms with Crippen molar-refractivity contribution in [2.75, 3.05) is 0 Å². The Labute approximate surface area is 162 Å². The predicted molar refractivity (Wildman–Crippen MR) is 99.7 cm³/mol. The number of hydrogen-bond acceptors (Lipinski definition) is 3. The average molecular weight is 392 g/mol. The third-order valence-corrected chi connectivity index (χ3v) is 4.93. The molecule has 0 amide bonds. The van der Waals surface area contributed by atoms with Gasteiger partial charge in [-0.1, -0.05) is 26.0 Å². The lowest BCUT2D eigenvalue weighted by atomic mass is 9.85. The zero-order valence-corrected chi connectivity index (χ0v) is 16.2. The first-order chi connectivity index (χ1) is 12.9. The lowest BCUT2D eigenvalue weighted by Gasteiger charge is -2.33. The van der Waals surface area contributed by atoms with Crippen LogP contribution < -0.4 is 4.74 Å². The van der Waals surface area contributed by atoms with E-state index in [9.17, 15) is 23.1 Å². The zero-order chi connectivity index (χ0) is 20.9. The molecule has 6 heteroatoms. The number of aliphatic hydroxyl groups is 1. The van der Waals surface area contributed by atoms with Gasteiger partial charge in [-0.2, -0.15) is 13.2 Å². The Hall–Kier alpha value is -2.34. The summed E-state index contributed by atoms with van der Waals surface area (Å²) in [5, 5.41) is 10.9. The second-order valence-electron chi connectivity index (χ2n) is 8.12. The summed E-state index contributed by atoms with van der Waals surface area (Å²) >= 11 is 0. The number of hydrogen-bond donors (Lipinski definition) is 1. The van der Waals surface area contributed by atoms with E-state index in [-0.39, 0.29) is 18.1 Å². The highest BCUT2D eigenvalue weighted by Crippen LogP contribution is 2.40. The molecular formula is C22H23F3O3. The summed E-state index contributed by atoms with van der Waals surface area (Å²) in [6, 6.07) is 7.80. The van der Waals surface area contributed by atoms with E-state index >= 15 is 0 Å². The van der Waals surface area contributed by atoms with Crippen LogP contribution in [0.4, 0.5) is 13.2 Å². The summed E-state index contributed by atoms with van der Waals surface area (Å²) in [4.78, 5) is 12.6.